The number of carbonyl (C=O) groups is 1. The molecule has 2 aromatic rings. The Hall–Kier alpha value is -1.82. The van der Waals surface area contributed by atoms with E-state index in [1.54, 1.807) is 10.9 Å². The molecule has 0 aliphatic heterocycles. The highest BCUT2D eigenvalue weighted by atomic mass is 35.5. The smallest absolute Gasteiger partial charge is 0.244 e. The highest BCUT2D eigenvalue weighted by Gasteiger charge is 2.19. The van der Waals surface area contributed by atoms with Crippen LogP contribution < -0.4 is 5.32 Å². The molecule has 6 nitrogen and oxygen atoms in total. The molecule has 1 N–H and O–H groups in total. The number of nitrogens with one attached hydrogen (secondary N) is 1. The molecule has 0 spiro atoms. The molecule has 2 aromatic heterocycles. The van der Waals surface area contributed by atoms with Gasteiger partial charge in [-0.2, -0.15) is 10.2 Å². The van der Waals surface area contributed by atoms with Gasteiger partial charge in [0.05, 0.1) is 16.4 Å². The minimum absolute atomic E-state index is 0.0577. The fourth-order valence-electron chi connectivity index (χ4n) is 2.16. The lowest BCUT2D eigenvalue weighted by atomic mass is 10.3. The van der Waals surface area contributed by atoms with Crippen LogP contribution in [0.15, 0.2) is 18.5 Å². The molecule has 7 heteroatoms. The van der Waals surface area contributed by atoms with E-state index in [-0.39, 0.29) is 11.9 Å². The third kappa shape index (κ3) is 3.64. The van der Waals surface area contributed by atoms with Crippen LogP contribution in [0.1, 0.15) is 30.8 Å². The summed E-state index contributed by atoms with van der Waals surface area (Å²) in [7, 11) is 0. The van der Waals surface area contributed by atoms with Crippen molar-refractivity contribution >= 4 is 17.5 Å². The first kappa shape index (κ1) is 15.6. The van der Waals surface area contributed by atoms with Gasteiger partial charge >= 0.3 is 0 Å². The normalized spacial score (nSPS) is 12.4. The largest absolute Gasteiger partial charge is 0.354 e. The lowest BCUT2D eigenvalue weighted by molar-refractivity contribution is -0.124. The van der Waals surface area contributed by atoms with Gasteiger partial charge in [-0.05, 0) is 33.3 Å². The Bertz CT molecular complexity index is 605. The van der Waals surface area contributed by atoms with Crippen molar-refractivity contribution in [3.8, 4) is 0 Å². The number of halogens is 1. The van der Waals surface area contributed by atoms with E-state index in [4.69, 9.17) is 11.6 Å². The van der Waals surface area contributed by atoms with E-state index in [2.05, 4.69) is 15.5 Å². The number of nitrogens with zero attached hydrogens (tertiary/aromatic N) is 4. The molecule has 0 aromatic carbocycles. The molecule has 114 valence electrons. The molecular weight excluding hydrogens is 290 g/mol. The van der Waals surface area contributed by atoms with Gasteiger partial charge in [-0.1, -0.05) is 11.6 Å². The Labute approximate surface area is 129 Å². The number of rotatable bonds is 6. The number of aromatic nitrogens is 4. The first-order chi connectivity index (χ1) is 10.0. The molecule has 1 amide bonds. The minimum atomic E-state index is -0.374. The average Bonchev–Trinajstić information content (AvgIpc) is 3.07. The van der Waals surface area contributed by atoms with E-state index in [9.17, 15) is 4.79 Å². The summed E-state index contributed by atoms with van der Waals surface area (Å²) >= 11 is 6.11. The van der Waals surface area contributed by atoms with E-state index in [1.165, 1.54) is 0 Å². The lowest BCUT2D eigenvalue weighted by Crippen LogP contribution is -2.33. The Morgan fingerprint density at radius 2 is 2.24 bits per heavy atom. The van der Waals surface area contributed by atoms with Crippen molar-refractivity contribution < 1.29 is 4.79 Å². The van der Waals surface area contributed by atoms with Gasteiger partial charge < -0.3 is 5.32 Å². The van der Waals surface area contributed by atoms with E-state index < -0.39 is 0 Å². The van der Waals surface area contributed by atoms with Gasteiger partial charge in [0, 0.05) is 25.5 Å². The highest BCUT2D eigenvalue weighted by Crippen LogP contribution is 2.22. The zero-order valence-corrected chi connectivity index (χ0v) is 13.3. The third-order valence-electron chi connectivity index (χ3n) is 3.41. The number of hydrogen-bond acceptors (Lipinski definition) is 3. The maximum absolute atomic E-state index is 12.1. The highest BCUT2D eigenvalue weighted by molar-refractivity contribution is 6.31. The van der Waals surface area contributed by atoms with Crippen molar-refractivity contribution in [2.45, 2.75) is 39.8 Å². The van der Waals surface area contributed by atoms with Crippen LogP contribution in [-0.4, -0.2) is 32.0 Å². The van der Waals surface area contributed by atoms with E-state index in [1.807, 2.05) is 37.7 Å². The summed E-state index contributed by atoms with van der Waals surface area (Å²) in [6, 6.07) is 1.51. The van der Waals surface area contributed by atoms with Gasteiger partial charge in [0.25, 0.3) is 0 Å². The first-order valence-corrected chi connectivity index (χ1v) is 7.35. The topological polar surface area (TPSA) is 64.7 Å². The molecule has 2 heterocycles. The van der Waals surface area contributed by atoms with Crippen molar-refractivity contribution in [3.05, 3.63) is 34.9 Å². The van der Waals surface area contributed by atoms with E-state index in [0.29, 0.717) is 11.6 Å². The predicted octanol–water partition coefficient (Wildman–Crippen LogP) is 2.12. The molecule has 0 saturated carbocycles. The molecular formula is C14H20ClN5O. The number of aryl methyl sites for hydroxylation is 2. The molecule has 0 fully saturated rings. The second-order valence-corrected chi connectivity index (χ2v) is 5.40. The number of hydrogen-bond donors (Lipinski definition) is 1. The van der Waals surface area contributed by atoms with Crippen molar-refractivity contribution in [1.82, 2.24) is 24.9 Å². The van der Waals surface area contributed by atoms with Crippen LogP contribution in [0.4, 0.5) is 0 Å². The number of amides is 1. The van der Waals surface area contributed by atoms with Crippen LogP contribution >= 0.6 is 11.6 Å². The molecule has 1 unspecified atom stereocenters. The summed E-state index contributed by atoms with van der Waals surface area (Å²) in [6.45, 7) is 6.91. The summed E-state index contributed by atoms with van der Waals surface area (Å²) in [4.78, 5) is 12.1. The zero-order valence-electron chi connectivity index (χ0n) is 12.5. The summed E-state index contributed by atoms with van der Waals surface area (Å²) in [5, 5.41) is 12.0. The Kier molecular flexibility index (Phi) is 5.01. The quantitative estimate of drug-likeness (QED) is 0.831. The third-order valence-corrected chi connectivity index (χ3v) is 3.95. The van der Waals surface area contributed by atoms with Gasteiger partial charge in [-0.25, -0.2) is 0 Å². The predicted molar refractivity (Wildman–Crippen MR) is 81.3 cm³/mol. The maximum Gasteiger partial charge on any atom is 0.244 e. The van der Waals surface area contributed by atoms with Gasteiger partial charge in [0.1, 0.15) is 6.04 Å². The average molecular weight is 310 g/mol. The van der Waals surface area contributed by atoms with Gasteiger partial charge in [-0.15, -0.1) is 0 Å². The van der Waals surface area contributed by atoms with Crippen LogP contribution in [0, 0.1) is 13.8 Å². The molecule has 1 atom stereocenters. The Balaban J connectivity index is 1.83. The van der Waals surface area contributed by atoms with E-state index in [0.717, 1.165) is 24.4 Å². The van der Waals surface area contributed by atoms with Crippen molar-refractivity contribution in [2.24, 2.45) is 0 Å². The van der Waals surface area contributed by atoms with Gasteiger partial charge in [0.2, 0.25) is 5.91 Å². The molecule has 0 aliphatic carbocycles. The molecule has 0 saturated heterocycles. The van der Waals surface area contributed by atoms with Crippen LogP contribution in [0.2, 0.25) is 5.02 Å². The van der Waals surface area contributed by atoms with Gasteiger partial charge in [-0.3, -0.25) is 14.2 Å². The number of carbonyl (C=O) groups excluding carboxylic acids is 1. The van der Waals surface area contributed by atoms with Crippen LogP contribution in [-0.2, 0) is 11.3 Å². The van der Waals surface area contributed by atoms with Gasteiger partial charge in [0.15, 0.2) is 0 Å². The monoisotopic (exact) mass is 309 g/mol. The Morgan fingerprint density at radius 1 is 1.48 bits per heavy atom. The Morgan fingerprint density at radius 3 is 2.81 bits per heavy atom. The molecule has 0 radical (unpaired) electrons. The summed E-state index contributed by atoms with van der Waals surface area (Å²) in [5.41, 5.74) is 1.56. The van der Waals surface area contributed by atoms with Crippen LogP contribution in [0.3, 0.4) is 0 Å². The molecule has 2 rings (SSSR count). The van der Waals surface area contributed by atoms with Crippen molar-refractivity contribution in [2.75, 3.05) is 6.54 Å². The lowest BCUT2D eigenvalue weighted by Gasteiger charge is -2.14. The summed E-state index contributed by atoms with van der Waals surface area (Å²) in [6.07, 6.45) is 4.48. The summed E-state index contributed by atoms with van der Waals surface area (Å²) < 4.78 is 3.51. The maximum atomic E-state index is 12.1. The fourth-order valence-corrected chi connectivity index (χ4v) is 2.29. The second kappa shape index (κ2) is 6.76. The zero-order chi connectivity index (χ0) is 15.4. The first-order valence-electron chi connectivity index (χ1n) is 6.97. The summed E-state index contributed by atoms with van der Waals surface area (Å²) in [5.74, 6) is -0.0577. The SMILES string of the molecule is Cc1nn(C(C)C(=O)NCCCn2cccn2)c(C)c1Cl. The van der Waals surface area contributed by atoms with Crippen LogP contribution in [0.25, 0.3) is 0 Å². The van der Waals surface area contributed by atoms with Crippen molar-refractivity contribution in [1.29, 1.82) is 0 Å². The van der Waals surface area contributed by atoms with Crippen LogP contribution in [0.5, 0.6) is 0 Å². The van der Waals surface area contributed by atoms with Crippen molar-refractivity contribution in [3.63, 3.8) is 0 Å². The molecule has 0 aliphatic rings. The molecule has 21 heavy (non-hydrogen) atoms. The fraction of sp³-hybridized carbons (Fsp3) is 0.500. The minimum Gasteiger partial charge on any atom is -0.354 e. The van der Waals surface area contributed by atoms with E-state index >= 15 is 0 Å². The standard InChI is InChI=1S/C14H20ClN5O/c1-10-13(15)11(2)20(18-10)12(3)14(21)16-6-4-8-19-9-5-7-17-19/h5,7,9,12H,4,6,8H2,1-3H3,(H,16,21). The second-order valence-electron chi connectivity index (χ2n) is 5.02. The molecule has 0 bridgehead atoms.